The summed E-state index contributed by atoms with van der Waals surface area (Å²) in [5.41, 5.74) is 10.7. The zero-order valence-electron chi connectivity index (χ0n) is 5.64. The average Bonchev–Trinajstić information content (AvgIpc) is 1.89. The van der Waals surface area contributed by atoms with E-state index in [-0.39, 0.29) is 6.04 Å². The Morgan fingerprint density at radius 3 is 2.56 bits per heavy atom. The summed E-state index contributed by atoms with van der Waals surface area (Å²) in [7, 11) is 0. The Kier molecular flexibility index (Phi) is 5.46. The van der Waals surface area contributed by atoms with Crippen molar-refractivity contribution in [3.8, 4) is 0 Å². The van der Waals surface area contributed by atoms with E-state index in [0.717, 1.165) is 25.8 Å². The van der Waals surface area contributed by atoms with E-state index in [9.17, 15) is 0 Å². The summed E-state index contributed by atoms with van der Waals surface area (Å²) in [6.45, 7) is 0.727. The molecule has 0 bridgehead atoms. The maximum absolute atomic E-state index is 6.76. The summed E-state index contributed by atoms with van der Waals surface area (Å²) >= 11 is 0. The van der Waals surface area contributed by atoms with Gasteiger partial charge in [0.2, 0.25) is 0 Å². The van der Waals surface area contributed by atoms with Crippen LogP contribution in [0.4, 0.5) is 0 Å². The number of nitrogens with one attached hydrogen (secondary N) is 1. The molecular formula is C6H15N3. The fourth-order valence-electron chi connectivity index (χ4n) is 0.608. The monoisotopic (exact) mass is 129 g/mol. The third-order valence-corrected chi connectivity index (χ3v) is 1.21. The van der Waals surface area contributed by atoms with Crippen LogP contribution in [-0.4, -0.2) is 18.8 Å². The molecule has 1 atom stereocenters. The minimum absolute atomic E-state index is 0.0588. The van der Waals surface area contributed by atoms with Gasteiger partial charge in [0.25, 0.3) is 0 Å². The molecule has 9 heavy (non-hydrogen) atoms. The van der Waals surface area contributed by atoms with Crippen molar-refractivity contribution < 1.29 is 0 Å². The Balaban J connectivity index is 2.96. The Morgan fingerprint density at radius 1 is 1.44 bits per heavy atom. The highest BCUT2D eigenvalue weighted by molar-refractivity contribution is 5.59. The second-order valence-corrected chi connectivity index (χ2v) is 2.11. The molecule has 0 saturated heterocycles. The van der Waals surface area contributed by atoms with Gasteiger partial charge in [-0.1, -0.05) is 6.42 Å². The first-order valence-electron chi connectivity index (χ1n) is 3.27. The highest BCUT2D eigenvalue weighted by Gasteiger charge is 1.94. The molecule has 0 aliphatic carbocycles. The fourth-order valence-corrected chi connectivity index (χ4v) is 0.608. The SMILES string of the molecule is N=C[C@@H](N)CCCCN. The molecule has 0 aliphatic rings. The van der Waals surface area contributed by atoms with Crippen molar-refractivity contribution >= 4 is 6.21 Å². The highest BCUT2D eigenvalue weighted by Crippen LogP contribution is 1.94. The van der Waals surface area contributed by atoms with E-state index in [1.165, 1.54) is 6.21 Å². The summed E-state index contributed by atoms with van der Waals surface area (Å²) in [6.07, 6.45) is 4.21. The van der Waals surface area contributed by atoms with Crippen molar-refractivity contribution in [2.45, 2.75) is 25.3 Å². The van der Waals surface area contributed by atoms with Gasteiger partial charge >= 0.3 is 0 Å². The standard InChI is InChI=1S/C6H15N3/c7-4-2-1-3-6(9)5-8/h5-6,8H,1-4,7,9H2/t6-/m0/s1. The largest absolute Gasteiger partial charge is 0.330 e. The van der Waals surface area contributed by atoms with Crippen LogP contribution in [0.5, 0.6) is 0 Å². The van der Waals surface area contributed by atoms with Crippen LogP contribution in [0.25, 0.3) is 0 Å². The van der Waals surface area contributed by atoms with Gasteiger partial charge in [-0.3, -0.25) is 0 Å². The average molecular weight is 129 g/mol. The normalized spacial score (nSPS) is 13.1. The first kappa shape index (κ1) is 8.59. The molecule has 54 valence electrons. The minimum Gasteiger partial charge on any atom is -0.330 e. The first-order valence-corrected chi connectivity index (χ1v) is 3.27. The van der Waals surface area contributed by atoms with E-state index in [1.54, 1.807) is 0 Å². The van der Waals surface area contributed by atoms with E-state index < -0.39 is 0 Å². The van der Waals surface area contributed by atoms with Gasteiger partial charge in [-0.25, -0.2) is 0 Å². The first-order chi connectivity index (χ1) is 4.31. The number of nitrogens with two attached hydrogens (primary N) is 2. The molecule has 0 saturated carbocycles. The van der Waals surface area contributed by atoms with Crippen molar-refractivity contribution in [2.75, 3.05) is 6.54 Å². The predicted octanol–water partition coefficient (Wildman–Crippen LogP) is 0.0923. The quantitative estimate of drug-likeness (QED) is 0.363. The Labute approximate surface area is 55.9 Å². The zero-order chi connectivity index (χ0) is 7.11. The lowest BCUT2D eigenvalue weighted by Gasteiger charge is -2.01. The molecule has 0 rings (SSSR count). The van der Waals surface area contributed by atoms with Gasteiger partial charge in [0.1, 0.15) is 0 Å². The smallest absolute Gasteiger partial charge is 0.0392 e. The molecule has 3 nitrogen and oxygen atoms in total. The molecular weight excluding hydrogens is 114 g/mol. The van der Waals surface area contributed by atoms with Gasteiger partial charge in [0, 0.05) is 12.3 Å². The Hall–Kier alpha value is -0.410. The maximum atomic E-state index is 6.76. The second-order valence-electron chi connectivity index (χ2n) is 2.11. The number of unbranched alkanes of at least 4 members (excludes halogenated alkanes) is 1. The minimum atomic E-state index is -0.0588. The van der Waals surface area contributed by atoms with Crippen molar-refractivity contribution in [1.82, 2.24) is 0 Å². The third kappa shape index (κ3) is 5.46. The van der Waals surface area contributed by atoms with E-state index in [2.05, 4.69) is 0 Å². The molecule has 5 N–H and O–H groups in total. The molecule has 0 radical (unpaired) electrons. The van der Waals surface area contributed by atoms with E-state index in [1.807, 2.05) is 0 Å². The van der Waals surface area contributed by atoms with Crippen LogP contribution in [0.2, 0.25) is 0 Å². The Morgan fingerprint density at radius 2 is 2.11 bits per heavy atom. The third-order valence-electron chi connectivity index (χ3n) is 1.21. The van der Waals surface area contributed by atoms with E-state index in [4.69, 9.17) is 16.9 Å². The fraction of sp³-hybridized carbons (Fsp3) is 0.833. The van der Waals surface area contributed by atoms with Gasteiger partial charge < -0.3 is 16.9 Å². The lowest BCUT2D eigenvalue weighted by atomic mass is 10.1. The number of hydrogen-bond donors (Lipinski definition) is 3. The summed E-state index contributed by atoms with van der Waals surface area (Å²) in [5.74, 6) is 0. The van der Waals surface area contributed by atoms with Gasteiger partial charge in [0.15, 0.2) is 0 Å². The highest BCUT2D eigenvalue weighted by atomic mass is 14.6. The van der Waals surface area contributed by atoms with Crippen molar-refractivity contribution in [3.63, 3.8) is 0 Å². The summed E-state index contributed by atoms with van der Waals surface area (Å²) in [6, 6.07) is -0.0588. The molecule has 0 heterocycles. The van der Waals surface area contributed by atoms with E-state index in [0.29, 0.717) is 0 Å². The lowest BCUT2D eigenvalue weighted by molar-refractivity contribution is 0.657. The molecule has 0 aromatic heterocycles. The topological polar surface area (TPSA) is 75.9 Å². The van der Waals surface area contributed by atoms with Crippen molar-refractivity contribution in [3.05, 3.63) is 0 Å². The van der Waals surface area contributed by atoms with Gasteiger partial charge in [-0.2, -0.15) is 0 Å². The maximum Gasteiger partial charge on any atom is 0.0392 e. The summed E-state index contributed by atoms with van der Waals surface area (Å²) in [5, 5.41) is 6.76. The molecule has 0 amide bonds. The van der Waals surface area contributed by atoms with Crippen LogP contribution in [0.1, 0.15) is 19.3 Å². The van der Waals surface area contributed by atoms with Crippen LogP contribution >= 0.6 is 0 Å². The Bertz CT molecular complexity index is 72.7. The number of rotatable bonds is 5. The van der Waals surface area contributed by atoms with Gasteiger partial charge in [0.05, 0.1) is 0 Å². The van der Waals surface area contributed by atoms with Crippen LogP contribution < -0.4 is 11.5 Å². The van der Waals surface area contributed by atoms with Crippen LogP contribution in [-0.2, 0) is 0 Å². The van der Waals surface area contributed by atoms with Crippen molar-refractivity contribution in [2.24, 2.45) is 11.5 Å². The molecule has 0 unspecified atom stereocenters. The van der Waals surface area contributed by atoms with Crippen LogP contribution in [0.15, 0.2) is 0 Å². The zero-order valence-corrected chi connectivity index (χ0v) is 5.64. The second kappa shape index (κ2) is 5.72. The van der Waals surface area contributed by atoms with Crippen LogP contribution in [0.3, 0.4) is 0 Å². The predicted molar refractivity (Wildman–Crippen MR) is 39.7 cm³/mol. The van der Waals surface area contributed by atoms with Crippen LogP contribution in [0, 0.1) is 5.41 Å². The van der Waals surface area contributed by atoms with Gasteiger partial charge in [-0.05, 0) is 19.4 Å². The number of hydrogen-bond acceptors (Lipinski definition) is 3. The molecule has 0 fully saturated rings. The summed E-state index contributed by atoms with van der Waals surface area (Å²) < 4.78 is 0. The summed E-state index contributed by atoms with van der Waals surface area (Å²) in [4.78, 5) is 0. The lowest BCUT2D eigenvalue weighted by Crippen LogP contribution is -2.20. The van der Waals surface area contributed by atoms with E-state index >= 15 is 0 Å². The molecule has 0 aromatic rings. The molecule has 3 heteroatoms. The molecule has 0 aliphatic heterocycles. The van der Waals surface area contributed by atoms with Crippen molar-refractivity contribution in [1.29, 1.82) is 5.41 Å². The molecule has 0 spiro atoms. The molecule has 0 aromatic carbocycles. The van der Waals surface area contributed by atoms with Gasteiger partial charge in [-0.15, -0.1) is 0 Å².